The monoisotopic (exact) mass is 464 g/mol. The van der Waals surface area contributed by atoms with Crippen LogP contribution in [-0.2, 0) is 0 Å². The minimum Gasteiger partial charge on any atom is -0.393 e. The minimum atomic E-state index is -0.197. The topological polar surface area (TPSA) is 40.5 Å². The van der Waals surface area contributed by atoms with E-state index in [0.717, 1.165) is 42.9 Å². The van der Waals surface area contributed by atoms with Crippen molar-refractivity contribution in [3.05, 3.63) is 0 Å². The molecule has 2 heteroatoms. The van der Waals surface area contributed by atoms with E-state index in [2.05, 4.69) is 41.5 Å². The highest BCUT2D eigenvalue weighted by molar-refractivity contribution is 4.97. The van der Waals surface area contributed by atoms with E-state index in [1.165, 1.54) is 77.0 Å². The summed E-state index contributed by atoms with van der Waals surface area (Å²) in [7, 11) is 0. The van der Waals surface area contributed by atoms with E-state index in [1.807, 2.05) is 0 Å². The molecule has 0 aromatic heterocycles. The molecule has 2 nitrogen and oxygen atoms in total. The summed E-state index contributed by atoms with van der Waals surface area (Å²) in [6, 6.07) is 0. The zero-order valence-corrected chi connectivity index (χ0v) is 23.3. The lowest BCUT2D eigenvalue weighted by atomic mass is 9.59. The molecule has 2 saturated carbocycles. The van der Waals surface area contributed by atoms with Crippen LogP contribution < -0.4 is 0 Å². The Morgan fingerprint density at radius 1 is 0.606 bits per heavy atom. The molecule has 2 rings (SSSR count). The molecule has 0 heterocycles. The average Bonchev–Trinajstić information content (AvgIpc) is 2.77. The van der Waals surface area contributed by atoms with Gasteiger partial charge in [0.05, 0.1) is 12.2 Å². The lowest BCUT2D eigenvalue weighted by Gasteiger charge is -2.49. The molecule has 9 atom stereocenters. The van der Waals surface area contributed by atoms with E-state index >= 15 is 0 Å². The third-order valence-electron chi connectivity index (χ3n) is 9.66. The first-order valence-corrected chi connectivity index (χ1v) is 15.1. The van der Waals surface area contributed by atoms with Crippen molar-refractivity contribution in [1.82, 2.24) is 0 Å². The Morgan fingerprint density at radius 2 is 1.03 bits per heavy atom. The third-order valence-corrected chi connectivity index (χ3v) is 9.66. The molecule has 2 aliphatic rings. The van der Waals surface area contributed by atoms with Crippen LogP contribution in [0.2, 0.25) is 0 Å². The number of hydrogen-bond acceptors (Lipinski definition) is 2. The number of aliphatic hydroxyl groups is 2. The summed E-state index contributed by atoms with van der Waals surface area (Å²) in [5, 5.41) is 22.0. The van der Waals surface area contributed by atoms with E-state index in [9.17, 15) is 10.2 Å². The summed E-state index contributed by atoms with van der Waals surface area (Å²) in [4.78, 5) is 0. The summed E-state index contributed by atoms with van der Waals surface area (Å²) in [5.41, 5.74) is 0. The Balaban J connectivity index is 1.58. The van der Waals surface area contributed by atoms with Crippen LogP contribution in [0.3, 0.4) is 0 Å². The third kappa shape index (κ3) is 9.83. The normalized spacial score (nSPS) is 33.0. The second-order valence-electron chi connectivity index (χ2n) is 13.2. The van der Waals surface area contributed by atoms with Crippen molar-refractivity contribution in [1.29, 1.82) is 0 Å². The van der Waals surface area contributed by atoms with Gasteiger partial charge in [-0.3, -0.25) is 0 Å². The molecule has 196 valence electrons. The van der Waals surface area contributed by atoms with Crippen LogP contribution in [0.4, 0.5) is 0 Å². The SMILES string of the molecule is CC(C)CCC[C@@H](C)CCC[C@@H](C)CCC[C@H](C)CC[C@@H]1[C@@H](C)[C@@H](O)[C@H]2CCCC[C@@H]2[C@@H]1O. The van der Waals surface area contributed by atoms with E-state index < -0.39 is 0 Å². The van der Waals surface area contributed by atoms with Gasteiger partial charge < -0.3 is 10.2 Å². The molecule has 0 spiro atoms. The first-order valence-electron chi connectivity index (χ1n) is 15.1. The summed E-state index contributed by atoms with van der Waals surface area (Å²) >= 11 is 0. The van der Waals surface area contributed by atoms with E-state index in [1.54, 1.807) is 0 Å². The van der Waals surface area contributed by atoms with Crippen LogP contribution in [0.25, 0.3) is 0 Å². The van der Waals surface area contributed by atoms with Crippen LogP contribution in [0.5, 0.6) is 0 Å². The van der Waals surface area contributed by atoms with Gasteiger partial charge >= 0.3 is 0 Å². The predicted molar refractivity (Wildman–Crippen MR) is 143 cm³/mol. The van der Waals surface area contributed by atoms with Gasteiger partial charge in [-0.25, -0.2) is 0 Å². The van der Waals surface area contributed by atoms with Crippen molar-refractivity contribution in [3.8, 4) is 0 Å². The summed E-state index contributed by atoms with van der Waals surface area (Å²) in [6.07, 6.45) is 19.1. The van der Waals surface area contributed by atoms with Crippen molar-refractivity contribution in [2.24, 2.45) is 47.3 Å². The molecule has 0 aromatic rings. The van der Waals surface area contributed by atoms with Crippen molar-refractivity contribution in [3.63, 3.8) is 0 Å². The molecule has 0 aromatic carbocycles. The quantitative estimate of drug-likeness (QED) is 0.254. The van der Waals surface area contributed by atoms with Crippen molar-refractivity contribution in [2.45, 2.75) is 150 Å². The maximum Gasteiger partial charge on any atom is 0.0603 e. The van der Waals surface area contributed by atoms with Gasteiger partial charge in [-0.05, 0) is 66.6 Å². The Kier molecular flexibility index (Phi) is 13.4. The van der Waals surface area contributed by atoms with E-state index in [0.29, 0.717) is 17.8 Å². The molecule has 2 aliphatic carbocycles. The summed E-state index contributed by atoms with van der Waals surface area (Å²) in [6.45, 7) is 14.2. The smallest absolute Gasteiger partial charge is 0.0603 e. The van der Waals surface area contributed by atoms with Gasteiger partial charge in [0.25, 0.3) is 0 Å². The molecular formula is C31H60O2. The van der Waals surface area contributed by atoms with Crippen LogP contribution in [0, 0.1) is 47.3 Å². The van der Waals surface area contributed by atoms with Crippen molar-refractivity contribution < 1.29 is 10.2 Å². The second kappa shape index (κ2) is 15.1. The highest BCUT2D eigenvalue weighted by Gasteiger charge is 2.47. The molecule has 0 bridgehead atoms. The second-order valence-corrected chi connectivity index (χ2v) is 13.2. The molecule has 0 radical (unpaired) electrons. The molecular weight excluding hydrogens is 404 g/mol. The van der Waals surface area contributed by atoms with Gasteiger partial charge in [0.1, 0.15) is 0 Å². The minimum absolute atomic E-state index is 0.186. The van der Waals surface area contributed by atoms with Crippen molar-refractivity contribution in [2.75, 3.05) is 0 Å². The lowest BCUT2D eigenvalue weighted by Crippen LogP contribution is -2.52. The van der Waals surface area contributed by atoms with Crippen LogP contribution in [0.1, 0.15) is 138 Å². The van der Waals surface area contributed by atoms with Crippen LogP contribution in [0.15, 0.2) is 0 Å². The standard InChI is InChI=1S/C31H60O2/c1-22(2)12-9-13-23(3)14-10-15-24(4)16-11-17-25(5)20-21-27-26(6)30(32)28-18-7-8-19-29(28)31(27)33/h22-33H,7-21H2,1-6H3/t23-,24-,25+,26-,27-,28+,29+,30-,31-/m1/s1. The fourth-order valence-electron chi connectivity index (χ4n) is 7.16. The summed E-state index contributed by atoms with van der Waals surface area (Å²) in [5.74, 6) is 4.59. The number of fused-ring (bicyclic) bond motifs is 1. The van der Waals surface area contributed by atoms with Gasteiger partial charge in [0.2, 0.25) is 0 Å². The lowest BCUT2D eigenvalue weighted by molar-refractivity contribution is -0.129. The Bertz CT molecular complexity index is 503. The zero-order valence-electron chi connectivity index (χ0n) is 23.3. The molecule has 2 N–H and O–H groups in total. The molecule has 0 saturated heterocycles. The largest absolute Gasteiger partial charge is 0.393 e. The first-order chi connectivity index (χ1) is 15.7. The van der Waals surface area contributed by atoms with E-state index in [-0.39, 0.29) is 18.1 Å². The Hall–Kier alpha value is -0.0800. The van der Waals surface area contributed by atoms with Gasteiger partial charge in [-0.1, -0.05) is 119 Å². The predicted octanol–water partition coefficient (Wildman–Crippen LogP) is 8.64. The number of hydrogen-bond donors (Lipinski definition) is 2. The van der Waals surface area contributed by atoms with E-state index in [4.69, 9.17) is 0 Å². The van der Waals surface area contributed by atoms with Crippen LogP contribution in [-0.4, -0.2) is 22.4 Å². The average molecular weight is 465 g/mol. The molecule has 0 amide bonds. The Morgan fingerprint density at radius 3 is 1.52 bits per heavy atom. The molecule has 33 heavy (non-hydrogen) atoms. The van der Waals surface area contributed by atoms with Gasteiger partial charge in [0.15, 0.2) is 0 Å². The van der Waals surface area contributed by atoms with Gasteiger partial charge in [-0.15, -0.1) is 0 Å². The maximum absolute atomic E-state index is 11.1. The number of rotatable bonds is 15. The summed E-state index contributed by atoms with van der Waals surface area (Å²) < 4.78 is 0. The molecule has 2 fully saturated rings. The zero-order chi connectivity index (χ0) is 24.4. The first kappa shape index (κ1) is 29.2. The Labute approximate surface area is 207 Å². The number of aliphatic hydroxyl groups excluding tert-OH is 2. The highest BCUT2D eigenvalue weighted by Crippen LogP contribution is 2.47. The molecule has 0 aliphatic heterocycles. The fourth-order valence-corrected chi connectivity index (χ4v) is 7.16. The fraction of sp³-hybridized carbons (Fsp3) is 1.00. The highest BCUT2D eigenvalue weighted by atomic mass is 16.3. The maximum atomic E-state index is 11.1. The van der Waals surface area contributed by atoms with Crippen LogP contribution >= 0.6 is 0 Å². The molecule has 0 unspecified atom stereocenters. The van der Waals surface area contributed by atoms with Gasteiger partial charge in [-0.2, -0.15) is 0 Å². The van der Waals surface area contributed by atoms with Crippen molar-refractivity contribution >= 4 is 0 Å². The van der Waals surface area contributed by atoms with Gasteiger partial charge in [0, 0.05) is 0 Å².